The molecular weight excluding hydrogens is 470 g/mol. The van der Waals surface area contributed by atoms with Gasteiger partial charge in [-0.3, -0.25) is 9.59 Å². The summed E-state index contributed by atoms with van der Waals surface area (Å²) in [5.74, 6) is 0.336. The highest BCUT2D eigenvalue weighted by atomic mass is 35.5. The molecule has 0 unspecified atom stereocenters. The molecule has 1 fully saturated rings. The van der Waals surface area contributed by atoms with E-state index in [1.54, 1.807) is 60.7 Å². The molecule has 9 heteroatoms. The summed E-state index contributed by atoms with van der Waals surface area (Å²) in [5.41, 5.74) is 2.60. The number of carbonyl (C=O) groups excluding carboxylic acids is 3. The summed E-state index contributed by atoms with van der Waals surface area (Å²) < 4.78 is 10.8. The SMILES string of the molecule is Cc1ccc(NC(=O)C[C@H]2C(=O)N(c3ccccc3)C(=O)N2Cc2ccc3c(c2)OCO3)cc1Cl. The first-order valence-electron chi connectivity index (χ1n) is 11.0. The minimum Gasteiger partial charge on any atom is -0.454 e. The molecule has 0 saturated carbocycles. The van der Waals surface area contributed by atoms with E-state index in [9.17, 15) is 14.4 Å². The number of benzene rings is 3. The highest BCUT2D eigenvalue weighted by molar-refractivity contribution is 6.31. The van der Waals surface area contributed by atoms with Gasteiger partial charge in [0.25, 0.3) is 5.91 Å². The van der Waals surface area contributed by atoms with E-state index in [1.165, 1.54) is 4.90 Å². The van der Waals surface area contributed by atoms with Gasteiger partial charge in [0.2, 0.25) is 12.7 Å². The molecule has 3 aromatic carbocycles. The average Bonchev–Trinajstić information content (AvgIpc) is 3.40. The zero-order valence-electron chi connectivity index (χ0n) is 18.9. The number of halogens is 1. The maximum absolute atomic E-state index is 13.4. The number of para-hydroxylation sites is 1. The van der Waals surface area contributed by atoms with Crippen LogP contribution in [0.2, 0.25) is 5.02 Å². The third-order valence-electron chi connectivity index (χ3n) is 5.96. The van der Waals surface area contributed by atoms with E-state index in [0.717, 1.165) is 16.0 Å². The largest absolute Gasteiger partial charge is 0.454 e. The fraction of sp³-hybridized carbons (Fsp3) is 0.192. The van der Waals surface area contributed by atoms with E-state index in [2.05, 4.69) is 5.32 Å². The van der Waals surface area contributed by atoms with Gasteiger partial charge < -0.3 is 19.7 Å². The minimum absolute atomic E-state index is 0.124. The predicted molar refractivity (Wildman–Crippen MR) is 131 cm³/mol. The molecule has 0 bridgehead atoms. The molecular formula is C26H22ClN3O5. The van der Waals surface area contributed by atoms with Gasteiger partial charge in [-0.05, 0) is 54.4 Å². The summed E-state index contributed by atoms with van der Waals surface area (Å²) in [4.78, 5) is 42.3. The van der Waals surface area contributed by atoms with Crippen LogP contribution in [0.1, 0.15) is 17.5 Å². The molecule has 3 aromatic rings. The van der Waals surface area contributed by atoms with Crippen molar-refractivity contribution in [3.63, 3.8) is 0 Å². The molecule has 0 radical (unpaired) electrons. The summed E-state index contributed by atoms with van der Waals surface area (Å²) >= 11 is 6.17. The smallest absolute Gasteiger partial charge is 0.332 e. The van der Waals surface area contributed by atoms with Gasteiger partial charge in [0.15, 0.2) is 11.5 Å². The summed E-state index contributed by atoms with van der Waals surface area (Å²) in [6.45, 7) is 2.12. The molecule has 35 heavy (non-hydrogen) atoms. The van der Waals surface area contributed by atoms with Gasteiger partial charge >= 0.3 is 6.03 Å². The van der Waals surface area contributed by atoms with E-state index in [0.29, 0.717) is 27.9 Å². The lowest BCUT2D eigenvalue weighted by molar-refractivity contribution is -0.124. The topological polar surface area (TPSA) is 88.2 Å². The molecule has 2 heterocycles. The number of amides is 4. The maximum Gasteiger partial charge on any atom is 0.332 e. The van der Waals surface area contributed by atoms with Crippen LogP contribution in [0.4, 0.5) is 16.2 Å². The Hall–Kier alpha value is -4.04. The van der Waals surface area contributed by atoms with Crippen LogP contribution >= 0.6 is 11.6 Å². The molecule has 0 aromatic heterocycles. The molecule has 1 N–H and O–H groups in total. The molecule has 178 valence electrons. The van der Waals surface area contributed by atoms with Gasteiger partial charge in [0.1, 0.15) is 6.04 Å². The fourth-order valence-corrected chi connectivity index (χ4v) is 4.30. The summed E-state index contributed by atoms with van der Waals surface area (Å²) in [6, 6.07) is 17.7. The minimum atomic E-state index is -0.978. The Labute approximate surface area is 207 Å². The van der Waals surface area contributed by atoms with Crippen LogP contribution in [0.5, 0.6) is 11.5 Å². The average molecular weight is 492 g/mol. The molecule has 8 nitrogen and oxygen atoms in total. The first kappa shape index (κ1) is 22.7. The van der Waals surface area contributed by atoms with Crippen LogP contribution in [0.25, 0.3) is 0 Å². The highest BCUT2D eigenvalue weighted by Gasteiger charge is 2.46. The van der Waals surface area contributed by atoms with Crippen molar-refractivity contribution in [1.29, 1.82) is 0 Å². The Kier molecular flexibility index (Phi) is 6.05. The fourth-order valence-electron chi connectivity index (χ4n) is 4.12. The first-order valence-corrected chi connectivity index (χ1v) is 11.4. The predicted octanol–water partition coefficient (Wildman–Crippen LogP) is 4.74. The van der Waals surface area contributed by atoms with Crippen molar-refractivity contribution in [3.05, 3.63) is 82.9 Å². The molecule has 2 aliphatic heterocycles. The molecule has 1 atom stereocenters. The molecule has 2 aliphatic rings. The van der Waals surface area contributed by atoms with Crippen molar-refractivity contribution < 1.29 is 23.9 Å². The van der Waals surface area contributed by atoms with E-state index in [4.69, 9.17) is 21.1 Å². The highest BCUT2D eigenvalue weighted by Crippen LogP contribution is 2.34. The van der Waals surface area contributed by atoms with E-state index in [1.807, 2.05) is 13.0 Å². The quantitative estimate of drug-likeness (QED) is 0.503. The lowest BCUT2D eigenvalue weighted by atomic mass is 10.1. The van der Waals surface area contributed by atoms with Crippen LogP contribution in [0, 0.1) is 6.92 Å². The monoisotopic (exact) mass is 491 g/mol. The number of imide groups is 1. The van der Waals surface area contributed by atoms with E-state index < -0.39 is 23.9 Å². The van der Waals surface area contributed by atoms with Gasteiger partial charge in [0, 0.05) is 17.3 Å². The molecule has 0 aliphatic carbocycles. The lowest BCUT2D eigenvalue weighted by Crippen LogP contribution is -2.37. The second kappa shape index (κ2) is 9.31. The molecule has 1 saturated heterocycles. The Balaban J connectivity index is 1.41. The number of urea groups is 1. The van der Waals surface area contributed by atoms with Crippen LogP contribution in [-0.4, -0.2) is 35.6 Å². The number of rotatable bonds is 6. The van der Waals surface area contributed by atoms with Crippen molar-refractivity contribution in [3.8, 4) is 11.5 Å². The second-order valence-corrected chi connectivity index (χ2v) is 8.75. The van der Waals surface area contributed by atoms with E-state index >= 15 is 0 Å². The number of fused-ring (bicyclic) bond motifs is 1. The Morgan fingerprint density at radius 3 is 2.57 bits per heavy atom. The number of ether oxygens (including phenoxy) is 2. The lowest BCUT2D eigenvalue weighted by Gasteiger charge is -2.22. The number of carbonyl (C=O) groups is 3. The van der Waals surface area contributed by atoms with Gasteiger partial charge in [0.05, 0.1) is 12.1 Å². The van der Waals surface area contributed by atoms with Crippen LogP contribution in [0.3, 0.4) is 0 Å². The van der Waals surface area contributed by atoms with E-state index in [-0.39, 0.29) is 19.8 Å². The summed E-state index contributed by atoms with van der Waals surface area (Å²) in [7, 11) is 0. The van der Waals surface area contributed by atoms with Crippen LogP contribution in [0.15, 0.2) is 66.7 Å². The second-order valence-electron chi connectivity index (χ2n) is 8.34. The zero-order chi connectivity index (χ0) is 24.5. The van der Waals surface area contributed by atoms with Gasteiger partial charge in [-0.2, -0.15) is 0 Å². The van der Waals surface area contributed by atoms with Crippen molar-refractivity contribution in [2.45, 2.75) is 25.9 Å². The van der Waals surface area contributed by atoms with Crippen LogP contribution < -0.4 is 19.7 Å². The number of nitrogens with one attached hydrogen (secondary N) is 1. The molecule has 4 amide bonds. The third-order valence-corrected chi connectivity index (χ3v) is 6.36. The number of nitrogens with zero attached hydrogens (tertiary/aromatic N) is 2. The number of anilines is 2. The maximum atomic E-state index is 13.4. The third kappa shape index (κ3) is 4.52. The normalized spacial score (nSPS) is 16.7. The standard InChI is InChI=1S/C26H22ClN3O5/c1-16-7-9-18(12-20(16)27)28-24(31)13-21-25(32)30(19-5-3-2-4-6-19)26(33)29(21)14-17-8-10-22-23(11-17)35-15-34-22/h2-12,21H,13-15H2,1H3,(H,28,31)/t21-/m0/s1. The van der Waals surface area contributed by atoms with Gasteiger partial charge in [-0.25, -0.2) is 9.69 Å². The van der Waals surface area contributed by atoms with Crippen LogP contribution in [-0.2, 0) is 16.1 Å². The first-order chi connectivity index (χ1) is 16.9. The van der Waals surface area contributed by atoms with Gasteiger partial charge in [-0.1, -0.05) is 41.9 Å². The zero-order valence-corrected chi connectivity index (χ0v) is 19.6. The van der Waals surface area contributed by atoms with Crippen molar-refractivity contribution in [2.75, 3.05) is 17.0 Å². The number of hydrogen-bond donors (Lipinski definition) is 1. The molecule has 0 spiro atoms. The Bertz CT molecular complexity index is 1310. The Morgan fingerprint density at radius 2 is 1.80 bits per heavy atom. The van der Waals surface area contributed by atoms with Crippen molar-refractivity contribution in [1.82, 2.24) is 4.90 Å². The van der Waals surface area contributed by atoms with Crippen molar-refractivity contribution >= 4 is 40.8 Å². The molecule has 5 rings (SSSR count). The summed E-state index contributed by atoms with van der Waals surface area (Å²) in [6.07, 6.45) is -0.204. The Morgan fingerprint density at radius 1 is 1.03 bits per heavy atom. The van der Waals surface area contributed by atoms with Gasteiger partial charge in [-0.15, -0.1) is 0 Å². The summed E-state index contributed by atoms with van der Waals surface area (Å²) in [5, 5.41) is 3.30. The number of hydrogen-bond acceptors (Lipinski definition) is 5. The number of aryl methyl sites for hydroxylation is 1. The van der Waals surface area contributed by atoms with Crippen molar-refractivity contribution in [2.24, 2.45) is 0 Å².